The van der Waals surface area contributed by atoms with Crippen LogP contribution < -0.4 is 4.74 Å². The fourth-order valence-corrected chi connectivity index (χ4v) is 3.02. The van der Waals surface area contributed by atoms with Gasteiger partial charge in [0.05, 0.1) is 6.61 Å². The summed E-state index contributed by atoms with van der Waals surface area (Å²) in [5.41, 5.74) is 3.97. The van der Waals surface area contributed by atoms with Gasteiger partial charge in [0.15, 0.2) is 0 Å². The molecule has 0 N–H and O–H groups in total. The molecule has 0 aliphatic carbocycles. The van der Waals surface area contributed by atoms with E-state index in [0.29, 0.717) is 13.2 Å². The van der Waals surface area contributed by atoms with Gasteiger partial charge >= 0.3 is 5.97 Å². The minimum absolute atomic E-state index is 0.0371. The van der Waals surface area contributed by atoms with Crippen molar-refractivity contribution >= 4 is 12.0 Å². The third-order valence-corrected chi connectivity index (χ3v) is 4.66. The van der Waals surface area contributed by atoms with Gasteiger partial charge < -0.3 is 18.8 Å². The number of methoxy groups -OCH3 is 1. The Morgan fingerprint density at radius 3 is 2.69 bits per heavy atom. The number of nitrogens with zero attached hydrogens (tertiary/aromatic N) is 2. The summed E-state index contributed by atoms with van der Waals surface area (Å²) in [5, 5.41) is 9.38. The Balaban J connectivity index is 1.95. The molecule has 1 aromatic heterocycles. The molecule has 0 spiro atoms. The minimum atomic E-state index is -0.653. The molecule has 0 radical (unpaired) electrons. The van der Waals surface area contributed by atoms with Crippen LogP contribution in [0.15, 0.2) is 35.9 Å². The van der Waals surface area contributed by atoms with Gasteiger partial charge in [-0.2, -0.15) is 5.26 Å². The molecular formula is C23H28N2O4. The van der Waals surface area contributed by atoms with E-state index in [4.69, 9.17) is 14.2 Å². The molecule has 0 bridgehead atoms. The Morgan fingerprint density at radius 1 is 1.21 bits per heavy atom. The molecule has 2 rings (SSSR count). The van der Waals surface area contributed by atoms with Crippen LogP contribution in [-0.4, -0.2) is 37.5 Å². The lowest BCUT2D eigenvalue weighted by molar-refractivity contribution is -0.139. The standard InChI is InChI=1S/C23H28N2O4/c1-5-19-7-6-8-22(14-19)28-11-12-29-23(26)21(16-24)15-20-13-17(2)25(18(20)3)9-10-27-4/h6-8,13-15H,5,9-12H2,1-4H3/b21-15-. The molecule has 0 fully saturated rings. The predicted molar refractivity (Wildman–Crippen MR) is 112 cm³/mol. The van der Waals surface area contributed by atoms with Gasteiger partial charge in [0.2, 0.25) is 0 Å². The van der Waals surface area contributed by atoms with Gasteiger partial charge in [-0.25, -0.2) is 4.79 Å². The number of ether oxygens (including phenoxy) is 3. The maximum Gasteiger partial charge on any atom is 0.349 e. The summed E-state index contributed by atoms with van der Waals surface area (Å²) < 4.78 is 18.0. The van der Waals surface area contributed by atoms with Gasteiger partial charge in [-0.1, -0.05) is 19.1 Å². The van der Waals surface area contributed by atoms with Crippen LogP contribution in [0.25, 0.3) is 6.08 Å². The molecular weight excluding hydrogens is 368 g/mol. The first-order chi connectivity index (χ1) is 14.0. The second-order valence-electron chi connectivity index (χ2n) is 6.63. The quantitative estimate of drug-likeness (QED) is 0.264. The average molecular weight is 396 g/mol. The van der Waals surface area contributed by atoms with Crippen molar-refractivity contribution < 1.29 is 19.0 Å². The van der Waals surface area contributed by atoms with Crippen molar-refractivity contribution in [2.75, 3.05) is 26.9 Å². The Hall–Kier alpha value is -3.04. The van der Waals surface area contributed by atoms with Crippen LogP contribution in [0, 0.1) is 25.2 Å². The first-order valence-electron chi connectivity index (χ1n) is 9.66. The summed E-state index contributed by atoms with van der Waals surface area (Å²) in [5.74, 6) is 0.0834. The smallest absolute Gasteiger partial charge is 0.349 e. The van der Waals surface area contributed by atoms with Crippen molar-refractivity contribution in [2.45, 2.75) is 33.7 Å². The molecule has 6 heteroatoms. The van der Waals surface area contributed by atoms with Crippen LogP contribution in [0.3, 0.4) is 0 Å². The fraction of sp³-hybridized carbons (Fsp3) is 0.391. The number of hydrogen-bond acceptors (Lipinski definition) is 5. The molecule has 29 heavy (non-hydrogen) atoms. The molecule has 0 saturated carbocycles. The van der Waals surface area contributed by atoms with E-state index >= 15 is 0 Å². The molecule has 154 valence electrons. The van der Waals surface area contributed by atoms with Crippen molar-refractivity contribution in [1.82, 2.24) is 4.57 Å². The highest BCUT2D eigenvalue weighted by Crippen LogP contribution is 2.19. The van der Waals surface area contributed by atoms with Crippen LogP contribution in [0.5, 0.6) is 5.75 Å². The second-order valence-corrected chi connectivity index (χ2v) is 6.63. The highest BCUT2D eigenvalue weighted by molar-refractivity contribution is 5.98. The van der Waals surface area contributed by atoms with E-state index in [1.807, 2.05) is 50.2 Å². The lowest BCUT2D eigenvalue weighted by Crippen LogP contribution is -2.13. The van der Waals surface area contributed by atoms with Crippen molar-refractivity contribution in [1.29, 1.82) is 5.26 Å². The van der Waals surface area contributed by atoms with E-state index < -0.39 is 5.97 Å². The zero-order valence-corrected chi connectivity index (χ0v) is 17.5. The molecule has 0 atom stereocenters. The Bertz CT molecular complexity index is 906. The first-order valence-corrected chi connectivity index (χ1v) is 9.66. The zero-order chi connectivity index (χ0) is 21.2. The molecule has 6 nitrogen and oxygen atoms in total. The Morgan fingerprint density at radius 2 is 2.00 bits per heavy atom. The summed E-state index contributed by atoms with van der Waals surface area (Å²) in [4.78, 5) is 12.3. The van der Waals surface area contributed by atoms with Crippen LogP contribution in [0.1, 0.15) is 29.4 Å². The number of rotatable bonds is 10. The number of nitriles is 1. The normalized spacial score (nSPS) is 11.2. The Labute approximate surface area is 172 Å². The molecule has 0 aliphatic rings. The highest BCUT2D eigenvalue weighted by Gasteiger charge is 2.14. The summed E-state index contributed by atoms with van der Waals surface area (Å²) in [6.07, 6.45) is 2.49. The van der Waals surface area contributed by atoms with Gasteiger partial charge in [-0.05, 0) is 55.7 Å². The number of aromatic nitrogens is 1. The first kappa shape index (κ1) is 22.3. The summed E-state index contributed by atoms with van der Waals surface area (Å²) in [6, 6.07) is 11.7. The largest absolute Gasteiger partial charge is 0.490 e. The Kier molecular flexibility index (Phi) is 8.50. The monoisotopic (exact) mass is 396 g/mol. The molecule has 1 heterocycles. The van der Waals surface area contributed by atoms with Crippen LogP contribution >= 0.6 is 0 Å². The second kappa shape index (κ2) is 11.1. The highest BCUT2D eigenvalue weighted by atomic mass is 16.6. The van der Waals surface area contributed by atoms with E-state index in [-0.39, 0.29) is 18.8 Å². The molecule has 0 aliphatic heterocycles. The summed E-state index contributed by atoms with van der Waals surface area (Å²) in [6.45, 7) is 7.61. The maximum atomic E-state index is 12.3. The van der Waals surface area contributed by atoms with E-state index in [1.165, 1.54) is 5.56 Å². The van der Waals surface area contributed by atoms with Crippen LogP contribution in [-0.2, 0) is 27.2 Å². The number of hydrogen-bond donors (Lipinski definition) is 0. The van der Waals surface area contributed by atoms with Crippen LogP contribution in [0.2, 0.25) is 0 Å². The number of aryl methyl sites for hydroxylation is 2. The van der Waals surface area contributed by atoms with E-state index in [0.717, 1.165) is 29.1 Å². The molecule has 1 aromatic carbocycles. The summed E-state index contributed by atoms with van der Waals surface area (Å²) >= 11 is 0. The topological polar surface area (TPSA) is 73.5 Å². The third kappa shape index (κ3) is 6.23. The van der Waals surface area contributed by atoms with Gasteiger partial charge in [0, 0.05) is 25.0 Å². The van der Waals surface area contributed by atoms with Crippen molar-refractivity contribution in [3.8, 4) is 11.8 Å². The summed E-state index contributed by atoms with van der Waals surface area (Å²) in [7, 11) is 1.66. The lowest BCUT2D eigenvalue weighted by Gasteiger charge is -2.09. The van der Waals surface area contributed by atoms with Crippen molar-refractivity contribution in [2.24, 2.45) is 0 Å². The lowest BCUT2D eigenvalue weighted by atomic mass is 10.1. The van der Waals surface area contributed by atoms with Crippen molar-refractivity contribution in [3.05, 3.63) is 58.4 Å². The molecule has 0 unspecified atom stereocenters. The number of esters is 1. The fourth-order valence-electron chi connectivity index (χ4n) is 3.02. The minimum Gasteiger partial charge on any atom is -0.490 e. The predicted octanol–water partition coefficient (Wildman–Crippen LogP) is 3.84. The maximum absolute atomic E-state index is 12.3. The zero-order valence-electron chi connectivity index (χ0n) is 17.5. The van der Waals surface area contributed by atoms with Gasteiger partial charge in [-0.3, -0.25) is 0 Å². The molecule has 2 aromatic rings. The molecule has 0 saturated heterocycles. The van der Waals surface area contributed by atoms with Gasteiger partial charge in [-0.15, -0.1) is 0 Å². The average Bonchev–Trinajstić information content (AvgIpc) is 3.00. The van der Waals surface area contributed by atoms with E-state index in [9.17, 15) is 10.1 Å². The number of benzene rings is 1. The van der Waals surface area contributed by atoms with Gasteiger partial charge in [0.25, 0.3) is 0 Å². The van der Waals surface area contributed by atoms with E-state index in [1.54, 1.807) is 13.2 Å². The number of carbonyl (C=O) groups excluding carboxylic acids is 1. The van der Waals surface area contributed by atoms with E-state index in [2.05, 4.69) is 11.5 Å². The van der Waals surface area contributed by atoms with Gasteiger partial charge in [0.1, 0.15) is 30.6 Å². The SMILES string of the molecule is CCc1cccc(OCCOC(=O)/C(C#N)=C\c2cc(C)n(CCOC)c2C)c1. The number of carbonyl (C=O) groups is 1. The molecule has 0 amide bonds. The van der Waals surface area contributed by atoms with Crippen molar-refractivity contribution in [3.63, 3.8) is 0 Å². The van der Waals surface area contributed by atoms with Crippen LogP contribution in [0.4, 0.5) is 0 Å². The third-order valence-electron chi connectivity index (χ3n) is 4.66.